The highest BCUT2D eigenvalue weighted by molar-refractivity contribution is 7.15. The van der Waals surface area contributed by atoms with Gasteiger partial charge in [0.15, 0.2) is 0 Å². The van der Waals surface area contributed by atoms with Crippen molar-refractivity contribution in [2.45, 2.75) is 6.92 Å². The molecule has 0 aliphatic heterocycles. The minimum Gasteiger partial charge on any atom is -0.496 e. The quantitative estimate of drug-likeness (QED) is 0.777. The molecule has 1 N–H and O–H groups in total. The standard InChI is InChI=1S/C15H13ClN4O2S/c1-9-17-15(18-13-11(16)7-8-23-13)20(19-9)14(21)10-5-3-4-6-12(10)22-2/h3-8H,1-2H3,(H,17,18,19). The Bertz CT molecular complexity index is 859. The number of aryl methyl sites for hydroxylation is 1. The van der Waals surface area contributed by atoms with Crippen molar-refractivity contribution in [1.82, 2.24) is 14.8 Å². The van der Waals surface area contributed by atoms with E-state index in [0.29, 0.717) is 33.1 Å². The monoisotopic (exact) mass is 348 g/mol. The normalized spacial score (nSPS) is 10.6. The molecule has 0 aliphatic carbocycles. The number of methoxy groups -OCH3 is 1. The van der Waals surface area contributed by atoms with Crippen LogP contribution in [0.5, 0.6) is 5.75 Å². The summed E-state index contributed by atoms with van der Waals surface area (Å²) in [6, 6.07) is 8.74. The highest BCUT2D eigenvalue weighted by Gasteiger charge is 2.20. The van der Waals surface area contributed by atoms with Crippen LogP contribution in [0.3, 0.4) is 0 Å². The predicted molar refractivity (Wildman–Crippen MR) is 90.1 cm³/mol. The average molecular weight is 349 g/mol. The number of nitrogens with zero attached hydrogens (tertiary/aromatic N) is 3. The van der Waals surface area contributed by atoms with Crippen molar-refractivity contribution in [3.63, 3.8) is 0 Å². The third kappa shape index (κ3) is 3.06. The number of anilines is 2. The molecule has 6 nitrogen and oxygen atoms in total. The maximum Gasteiger partial charge on any atom is 0.285 e. The summed E-state index contributed by atoms with van der Waals surface area (Å²) >= 11 is 7.50. The van der Waals surface area contributed by atoms with E-state index in [-0.39, 0.29) is 5.91 Å². The Morgan fingerprint density at radius 1 is 1.35 bits per heavy atom. The minimum atomic E-state index is -0.335. The first-order valence-corrected chi connectivity index (χ1v) is 7.97. The Hall–Kier alpha value is -2.38. The molecule has 3 aromatic rings. The van der Waals surface area contributed by atoms with E-state index < -0.39 is 0 Å². The van der Waals surface area contributed by atoms with Crippen LogP contribution >= 0.6 is 22.9 Å². The zero-order valence-electron chi connectivity index (χ0n) is 12.4. The molecule has 23 heavy (non-hydrogen) atoms. The van der Waals surface area contributed by atoms with Crippen molar-refractivity contribution in [1.29, 1.82) is 0 Å². The molecule has 0 amide bonds. The van der Waals surface area contributed by atoms with Gasteiger partial charge in [0, 0.05) is 0 Å². The van der Waals surface area contributed by atoms with Gasteiger partial charge in [-0.3, -0.25) is 4.79 Å². The zero-order valence-corrected chi connectivity index (χ0v) is 14.0. The fourth-order valence-electron chi connectivity index (χ4n) is 2.06. The van der Waals surface area contributed by atoms with Crippen LogP contribution in [0.15, 0.2) is 35.7 Å². The van der Waals surface area contributed by atoms with Gasteiger partial charge in [-0.2, -0.15) is 9.67 Å². The minimum absolute atomic E-state index is 0.308. The Morgan fingerprint density at radius 3 is 2.83 bits per heavy atom. The fraction of sp³-hybridized carbons (Fsp3) is 0.133. The zero-order chi connectivity index (χ0) is 16.4. The first-order chi connectivity index (χ1) is 11.1. The summed E-state index contributed by atoms with van der Waals surface area (Å²) in [5.41, 5.74) is 0.403. The summed E-state index contributed by atoms with van der Waals surface area (Å²) in [4.78, 5) is 17.0. The number of hydrogen-bond donors (Lipinski definition) is 1. The van der Waals surface area contributed by atoms with Crippen molar-refractivity contribution in [2.24, 2.45) is 0 Å². The molecule has 0 radical (unpaired) electrons. The number of rotatable bonds is 4. The molecule has 0 fully saturated rings. The smallest absolute Gasteiger partial charge is 0.285 e. The third-order valence-corrected chi connectivity index (χ3v) is 4.34. The summed E-state index contributed by atoms with van der Waals surface area (Å²) in [6.45, 7) is 1.72. The van der Waals surface area contributed by atoms with Gasteiger partial charge in [-0.25, -0.2) is 0 Å². The summed E-state index contributed by atoms with van der Waals surface area (Å²) in [6.07, 6.45) is 0. The topological polar surface area (TPSA) is 69.0 Å². The number of thiophene rings is 1. The highest BCUT2D eigenvalue weighted by Crippen LogP contribution is 2.30. The SMILES string of the molecule is COc1ccccc1C(=O)n1nc(C)nc1Nc1sccc1Cl. The molecule has 2 aromatic heterocycles. The lowest BCUT2D eigenvalue weighted by atomic mass is 10.2. The highest BCUT2D eigenvalue weighted by atomic mass is 35.5. The maximum absolute atomic E-state index is 12.8. The second-order valence-electron chi connectivity index (χ2n) is 4.62. The second kappa shape index (κ2) is 6.39. The van der Waals surface area contributed by atoms with Gasteiger partial charge in [0.2, 0.25) is 5.95 Å². The van der Waals surface area contributed by atoms with Crippen molar-refractivity contribution < 1.29 is 9.53 Å². The summed E-state index contributed by atoms with van der Waals surface area (Å²) in [5.74, 6) is 0.926. The number of para-hydroxylation sites is 1. The molecule has 2 heterocycles. The molecule has 0 saturated carbocycles. The molecule has 0 aliphatic rings. The van der Waals surface area contributed by atoms with Crippen LogP contribution in [0.25, 0.3) is 0 Å². The van der Waals surface area contributed by atoms with E-state index in [1.807, 2.05) is 5.38 Å². The number of halogens is 1. The molecule has 8 heteroatoms. The van der Waals surface area contributed by atoms with Gasteiger partial charge >= 0.3 is 0 Å². The largest absolute Gasteiger partial charge is 0.496 e. The van der Waals surface area contributed by atoms with E-state index in [1.165, 1.54) is 23.1 Å². The van der Waals surface area contributed by atoms with Crippen molar-refractivity contribution >= 4 is 39.8 Å². The van der Waals surface area contributed by atoms with Gasteiger partial charge in [-0.15, -0.1) is 16.4 Å². The van der Waals surface area contributed by atoms with E-state index in [2.05, 4.69) is 15.4 Å². The van der Waals surface area contributed by atoms with Gasteiger partial charge in [0.25, 0.3) is 5.91 Å². The van der Waals surface area contributed by atoms with Gasteiger partial charge in [-0.1, -0.05) is 23.7 Å². The molecule has 0 unspecified atom stereocenters. The van der Waals surface area contributed by atoms with Crippen molar-refractivity contribution in [3.8, 4) is 5.75 Å². The number of carbonyl (C=O) groups excluding carboxylic acids is 1. The van der Waals surface area contributed by atoms with E-state index in [9.17, 15) is 4.79 Å². The van der Waals surface area contributed by atoms with E-state index in [4.69, 9.17) is 16.3 Å². The Labute approximate surface area is 141 Å². The molecular formula is C15H13ClN4O2S. The average Bonchev–Trinajstić information content (AvgIpc) is 3.13. The summed E-state index contributed by atoms with van der Waals surface area (Å²) in [7, 11) is 1.52. The fourth-order valence-corrected chi connectivity index (χ4v) is 3.05. The van der Waals surface area contributed by atoms with Gasteiger partial charge in [0.1, 0.15) is 16.6 Å². The lowest BCUT2D eigenvalue weighted by Crippen LogP contribution is -2.17. The Kier molecular flexibility index (Phi) is 4.31. The summed E-state index contributed by atoms with van der Waals surface area (Å²) in [5, 5.41) is 10.3. The van der Waals surface area contributed by atoms with Crippen LogP contribution in [0.1, 0.15) is 16.2 Å². The van der Waals surface area contributed by atoms with Crippen LogP contribution in [0, 0.1) is 6.92 Å². The lowest BCUT2D eigenvalue weighted by Gasteiger charge is -2.09. The van der Waals surface area contributed by atoms with Crippen LogP contribution in [-0.2, 0) is 0 Å². The molecule has 0 atom stereocenters. The third-order valence-electron chi connectivity index (χ3n) is 3.09. The number of ether oxygens (including phenoxy) is 1. The van der Waals surface area contributed by atoms with Crippen LogP contribution in [0.2, 0.25) is 5.02 Å². The number of carbonyl (C=O) groups is 1. The van der Waals surface area contributed by atoms with Crippen LogP contribution in [-0.4, -0.2) is 27.8 Å². The summed E-state index contributed by atoms with van der Waals surface area (Å²) < 4.78 is 6.45. The maximum atomic E-state index is 12.8. The molecule has 0 saturated heterocycles. The molecular weight excluding hydrogens is 336 g/mol. The Balaban J connectivity index is 2.00. The first kappa shape index (κ1) is 15.5. The van der Waals surface area contributed by atoms with Crippen LogP contribution in [0.4, 0.5) is 10.9 Å². The van der Waals surface area contributed by atoms with E-state index in [0.717, 1.165) is 0 Å². The Morgan fingerprint density at radius 2 is 2.13 bits per heavy atom. The number of benzene rings is 1. The predicted octanol–water partition coefficient (Wildman–Crippen LogP) is 3.74. The van der Waals surface area contributed by atoms with Crippen molar-refractivity contribution in [2.75, 3.05) is 12.4 Å². The second-order valence-corrected chi connectivity index (χ2v) is 5.95. The van der Waals surface area contributed by atoms with E-state index in [1.54, 1.807) is 37.3 Å². The molecule has 1 aromatic carbocycles. The molecule has 118 valence electrons. The number of aromatic nitrogens is 3. The molecule has 3 rings (SSSR count). The van der Waals surface area contributed by atoms with E-state index >= 15 is 0 Å². The van der Waals surface area contributed by atoms with Crippen molar-refractivity contribution in [3.05, 3.63) is 52.1 Å². The van der Waals surface area contributed by atoms with Gasteiger partial charge in [0.05, 0.1) is 17.7 Å². The first-order valence-electron chi connectivity index (χ1n) is 6.71. The lowest BCUT2D eigenvalue weighted by molar-refractivity contribution is 0.0944. The number of hydrogen-bond acceptors (Lipinski definition) is 6. The van der Waals surface area contributed by atoms with Gasteiger partial charge in [-0.05, 0) is 30.5 Å². The van der Waals surface area contributed by atoms with Crippen LogP contribution < -0.4 is 10.1 Å². The molecule has 0 spiro atoms. The number of nitrogens with one attached hydrogen (secondary N) is 1. The van der Waals surface area contributed by atoms with Gasteiger partial charge < -0.3 is 10.1 Å². The molecule has 0 bridgehead atoms.